The number of nitrogens with one attached hydrogen (secondary N) is 1. The molecule has 13 heavy (non-hydrogen) atoms. The van der Waals surface area contributed by atoms with Crippen LogP contribution < -0.4 is 5.73 Å². The monoisotopic (exact) mass is 196 g/mol. The molecule has 6 nitrogen and oxygen atoms in total. The topological polar surface area (TPSA) is 93.4 Å². The second-order valence-corrected chi connectivity index (χ2v) is 2.70. The lowest BCUT2D eigenvalue weighted by molar-refractivity contribution is 1.06. The Kier molecular flexibility index (Phi) is 1.82. The maximum atomic E-state index is 5.61. The maximum absolute atomic E-state index is 5.61. The van der Waals surface area contributed by atoms with E-state index in [9.17, 15) is 0 Å². The first-order valence-electron chi connectivity index (χ1n) is 3.41. The summed E-state index contributed by atoms with van der Waals surface area (Å²) in [6.45, 7) is 0. The molecule has 0 amide bonds. The Morgan fingerprint density at radius 2 is 2.00 bits per heavy atom. The van der Waals surface area contributed by atoms with Crippen molar-refractivity contribution in [3.05, 3.63) is 17.4 Å². The van der Waals surface area contributed by atoms with E-state index in [1.54, 1.807) is 0 Å². The molecule has 0 bridgehead atoms. The number of aromatic nitrogens is 5. The average molecular weight is 197 g/mol. The highest BCUT2D eigenvalue weighted by molar-refractivity contribution is 6.30. The van der Waals surface area contributed by atoms with Gasteiger partial charge in [0.05, 0.1) is 5.02 Å². The quantitative estimate of drug-likeness (QED) is 0.693. The van der Waals surface area contributed by atoms with Crippen LogP contribution in [0.4, 0.5) is 5.95 Å². The minimum atomic E-state index is 0.161. The predicted octanol–water partition coefficient (Wildman–Crippen LogP) is 0.497. The molecule has 2 rings (SSSR count). The van der Waals surface area contributed by atoms with Gasteiger partial charge in [-0.05, 0) is 0 Å². The SMILES string of the molecule is Nc1n[nH]c(-c2ncc(Cl)cn2)n1. The molecular weight excluding hydrogens is 192 g/mol. The van der Waals surface area contributed by atoms with Crippen LogP contribution >= 0.6 is 11.6 Å². The number of hydrogen-bond acceptors (Lipinski definition) is 5. The third kappa shape index (κ3) is 1.57. The first-order valence-corrected chi connectivity index (χ1v) is 3.79. The summed E-state index contributed by atoms with van der Waals surface area (Å²) in [5.74, 6) is 0.997. The molecule has 3 N–H and O–H groups in total. The number of rotatable bonds is 1. The van der Waals surface area contributed by atoms with Crippen LogP contribution in [0, 0.1) is 0 Å². The van der Waals surface area contributed by atoms with E-state index in [2.05, 4.69) is 25.1 Å². The van der Waals surface area contributed by atoms with Crippen LogP contribution in [0.1, 0.15) is 0 Å². The molecule has 2 heterocycles. The number of nitrogens with zero attached hydrogens (tertiary/aromatic N) is 4. The molecule has 0 aliphatic rings. The third-order valence-corrected chi connectivity index (χ3v) is 1.53. The Morgan fingerprint density at radius 3 is 2.54 bits per heavy atom. The van der Waals surface area contributed by atoms with E-state index in [1.807, 2.05) is 0 Å². The summed E-state index contributed by atoms with van der Waals surface area (Å²) in [7, 11) is 0. The molecule has 0 fully saturated rings. The number of nitrogens with two attached hydrogens (primary N) is 1. The molecule has 0 radical (unpaired) electrons. The Hall–Kier alpha value is -1.69. The minimum absolute atomic E-state index is 0.161. The Balaban J connectivity index is 2.41. The van der Waals surface area contributed by atoms with E-state index in [4.69, 9.17) is 17.3 Å². The van der Waals surface area contributed by atoms with Gasteiger partial charge in [-0.3, -0.25) is 5.10 Å². The van der Waals surface area contributed by atoms with Crippen molar-refractivity contribution in [3.8, 4) is 11.6 Å². The van der Waals surface area contributed by atoms with Crippen LogP contribution in [0.25, 0.3) is 11.6 Å². The Morgan fingerprint density at radius 1 is 1.31 bits per heavy atom. The van der Waals surface area contributed by atoms with Gasteiger partial charge in [-0.25, -0.2) is 9.97 Å². The first kappa shape index (κ1) is 7.93. The zero-order valence-corrected chi connectivity index (χ0v) is 7.15. The van der Waals surface area contributed by atoms with Crippen molar-refractivity contribution in [2.45, 2.75) is 0 Å². The summed E-state index contributed by atoms with van der Waals surface area (Å²) in [6.07, 6.45) is 2.95. The van der Waals surface area contributed by atoms with E-state index >= 15 is 0 Å². The van der Waals surface area contributed by atoms with E-state index in [0.717, 1.165) is 0 Å². The van der Waals surface area contributed by atoms with Crippen LogP contribution in [0.2, 0.25) is 5.02 Å². The number of hydrogen-bond donors (Lipinski definition) is 2. The van der Waals surface area contributed by atoms with Gasteiger partial charge < -0.3 is 5.73 Å². The van der Waals surface area contributed by atoms with Crippen molar-refractivity contribution in [2.75, 3.05) is 5.73 Å². The van der Waals surface area contributed by atoms with Gasteiger partial charge in [0.25, 0.3) is 0 Å². The normalized spacial score (nSPS) is 10.2. The highest BCUT2D eigenvalue weighted by Crippen LogP contribution is 2.10. The summed E-state index contributed by atoms with van der Waals surface area (Å²) in [4.78, 5) is 11.7. The zero-order chi connectivity index (χ0) is 9.26. The van der Waals surface area contributed by atoms with Gasteiger partial charge in [-0.1, -0.05) is 11.6 Å². The lowest BCUT2D eigenvalue weighted by Crippen LogP contribution is -1.90. The van der Waals surface area contributed by atoms with Gasteiger partial charge in [0.15, 0.2) is 11.6 Å². The molecule has 0 saturated heterocycles. The summed E-state index contributed by atoms with van der Waals surface area (Å²) < 4.78 is 0. The van der Waals surface area contributed by atoms with Gasteiger partial charge in [-0.2, -0.15) is 4.98 Å². The number of nitrogen functional groups attached to an aromatic ring is 1. The van der Waals surface area contributed by atoms with Crippen molar-refractivity contribution in [1.29, 1.82) is 0 Å². The average Bonchev–Trinajstić information content (AvgIpc) is 2.53. The van der Waals surface area contributed by atoms with Crippen molar-refractivity contribution >= 4 is 17.5 Å². The van der Waals surface area contributed by atoms with Crippen LogP contribution in [0.5, 0.6) is 0 Å². The van der Waals surface area contributed by atoms with E-state index in [1.165, 1.54) is 12.4 Å². The minimum Gasteiger partial charge on any atom is -0.366 e. The van der Waals surface area contributed by atoms with Gasteiger partial charge in [0.1, 0.15) is 0 Å². The van der Waals surface area contributed by atoms with Crippen molar-refractivity contribution in [2.24, 2.45) is 0 Å². The Labute approximate surface area is 78.2 Å². The molecule has 0 aliphatic heterocycles. The highest BCUT2D eigenvalue weighted by atomic mass is 35.5. The predicted molar refractivity (Wildman–Crippen MR) is 46.8 cm³/mol. The smallest absolute Gasteiger partial charge is 0.239 e. The van der Waals surface area contributed by atoms with Crippen molar-refractivity contribution in [1.82, 2.24) is 25.1 Å². The molecule has 2 aromatic rings. The number of H-pyrrole nitrogens is 1. The molecule has 0 saturated carbocycles. The highest BCUT2D eigenvalue weighted by Gasteiger charge is 2.05. The van der Waals surface area contributed by atoms with Crippen LogP contribution in [-0.4, -0.2) is 25.1 Å². The summed E-state index contributed by atoms with van der Waals surface area (Å²) in [5, 5.41) is 6.70. The van der Waals surface area contributed by atoms with E-state index in [-0.39, 0.29) is 5.95 Å². The fourth-order valence-corrected chi connectivity index (χ4v) is 0.907. The van der Waals surface area contributed by atoms with Crippen molar-refractivity contribution < 1.29 is 0 Å². The van der Waals surface area contributed by atoms with Gasteiger partial charge >= 0.3 is 0 Å². The molecule has 2 aromatic heterocycles. The Bertz CT molecular complexity index is 407. The summed E-state index contributed by atoms with van der Waals surface area (Å²) in [5.41, 5.74) is 5.31. The molecule has 0 aliphatic carbocycles. The number of anilines is 1. The maximum Gasteiger partial charge on any atom is 0.239 e. The standard InChI is InChI=1S/C6H5ClN6/c7-3-1-9-4(10-2-3)5-11-6(8)13-12-5/h1-2H,(H3,8,11,12,13). The molecule has 66 valence electrons. The van der Waals surface area contributed by atoms with Gasteiger partial charge in [0.2, 0.25) is 5.95 Å². The zero-order valence-electron chi connectivity index (χ0n) is 6.40. The number of halogens is 1. The van der Waals surface area contributed by atoms with E-state index in [0.29, 0.717) is 16.7 Å². The van der Waals surface area contributed by atoms with Gasteiger partial charge in [-0.15, -0.1) is 5.10 Å². The molecular formula is C6H5ClN6. The molecule has 0 aromatic carbocycles. The first-order chi connectivity index (χ1) is 6.25. The third-order valence-electron chi connectivity index (χ3n) is 1.33. The fourth-order valence-electron chi connectivity index (χ4n) is 0.809. The molecule has 0 unspecified atom stereocenters. The van der Waals surface area contributed by atoms with Gasteiger partial charge in [0, 0.05) is 12.4 Å². The number of aromatic amines is 1. The lowest BCUT2D eigenvalue weighted by Gasteiger charge is -1.92. The second kappa shape index (κ2) is 2.98. The fraction of sp³-hybridized carbons (Fsp3) is 0. The van der Waals surface area contributed by atoms with Crippen LogP contribution in [0.3, 0.4) is 0 Å². The van der Waals surface area contributed by atoms with Crippen LogP contribution in [-0.2, 0) is 0 Å². The van der Waals surface area contributed by atoms with Crippen LogP contribution in [0.15, 0.2) is 12.4 Å². The molecule has 7 heteroatoms. The second-order valence-electron chi connectivity index (χ2n) is 2.27. The molecule has 0 atom stereocenters. The summed E-state index contributed by atoms with van der Waals surface area (Å²) in [6, 6.07) is 0. The summed E-state index contributed by atoms with van der Waals surface area (Å²) >= 11 is 5.61. The largest absolute Gasteiger partial charge is 0.366 e. The molecule has 0 spiro atoms. The lowest BCUT2D eigenvalue weighted by atomic mass is 10.5. The van der Waals surface area contributed by atoms with E-state index < -0.39 is 0 Å². The van der Waals surface area contributed by atoms with Crippen molar-refractivity contribution in [3.63, 3.8) is 0 Å².